The number of pyridine rings is 2. The Labute approximate surface area is 178 Å². The van der Waals surface area contributed by atoms with Gasteiger partial charge in [-0.15, -0.1) is 0 Å². The minimum absolute atomic E-state index is 0.218. The lowest BCUT2D eigenvalue weighted by molar-refractivity contribution is 0.103. The molecule has 156 valence electrons. The van der Waals surface area contributed by atoms with Crippen LogP contribution in [0.5, 0.6) is 0 Å². The maximum atomic E-state index is 13.3. The molecule has 6 nitrogen and oxygen atoms in total. The number of carbonyl (C=O) groups is 1. The zero-order chi connectivity index (χ0) is 21.1. The minimum Gasteiger partial charge on any atom is -0.383 e. The predicted octanol–water partition coefficient (Wildman–Crippen LogP) is 2.88. The average molecular weight is 404 g/mol. The molecule has 0 amide bonds. The van der Waals surface area contributed by atoms with Gasteiger partial charge in [-0.25, -0.2) is 9.97 Å². The van der Waals surface area contributed by atoms with E-state index >= 15 is 0 Å². The summed E-state index contributed by atoms with van der Waals surface area (Å²) >= 11 is 0. The Morgan fingerprint density at radius 3 is 2.90 bits per heavy atom. The van der Waals surface area contributed by atoms with Crippen molar-refractivity contribution >= 4 is 17.4 Å². The molecule has 30 heavy (non-hydrogen) atoms. The van der Waals surface area contributed by atoms with Gasteiger partial charge in [-0.2, -0.15) is 0 Å². The number of piperazine rings is 1. The van der Waals surface area contributed by atoms with E-state index in [1.807, 2.05) is 12.1 Å². The van der Waals surface area contributed by atoms with E-state index in [1.54, 1.807) is 18.3 Å². The van der Waals surface area contributed by atoms with Crippen LogP contribution in [0.2, 0.25) is 0 Å². The number of nitrogen functional groups attached to an aromatic ring is 1. The van der Waals surface area contributed by atoms with Crippen LogP contribution in [0.15, 0.2) is 30.5 Å². The zero-order valence-electron chi connectivity index (χ0n) is 17.7. The van der Waals surface area contributed by atoms with Gasteiger partial charge in [-0.1, -0.05) is 25.7 Å². The summed E-state index contributed by atoms with van der Waals surface area (Å²) in [5, 5.41) is 3.59. The zero-order valence-corrected chi connectivity index (χ0v) is 17.7. The number of rotatable bonds is 5. The second-order valence-corrected chi connectivity index (χ2v) is 8.60. The molecule has 3 N–H and O–H groups in total. The Balaban J connectivity index is 1.67. The van der Waals surface area contributed by atoms with E-state index in [9.17, 15) is 4.79 Å². The molecule has 0 unspecified atom stereocenters. The molecular formula is C24H29N5O. The van der Waals surface area contributed by atoms with E-state index in [0.29, 0.717) is 34.7 Å². The van der Waals surface area contributed by atoms with Gasteiger partial charge in [0.05, 0.1) is 11.1 Å². The van der Waals surface area contributed by atoms with Gasteiger partial charge in [0, 0.05) is 37.8 Å². The number of nitrogens with one attached hydrogen (secondary N) is 1. The Bertz CT molecular complexity index is 987. The van der Waals surface area contributed by atoms with E-state index in [0.717, 1.165) is 44.7 Å². The number of nitrogens with zero attached hydrogens (tertiary/aromatic N) is 3. The lowest BCUT2D eigenvalue weighted by Crippen LogP contribution is -2.51. The quantitative estimate of drug-likeness (QED) is 0.590. The number of ketones is 1. The van der Waals surface area contributed by atoms with Crippen molar-refractivity contribution in [3.63, 3.8) is 0 Å². The van der Waals surface area contributed by atoms with Gasteiger partial charge in [0.25, 0.3) is 0 Å². The van der Waals surface area contributed by atoms with Gasteiger partial charge in [-0.3, -0.25) is 4.79 Å². The van der Waals surface area contributed by atoms with Gasteiger partial charge in [0.15, 0.2) is 0 Å². The Hall–Kier alpha value is -2.91. The van der Waals surface area contributed by atoms with Crippen LogP contribution < -0.4 is 16.0 Å². The van der Waals surface area contributed by atoms with Crippen LogP contribution in [-0.4, -0.2) is 41.4 Å². The first-order valence-corrected chi connectivity index (χ1v) is 10.8. The molecule has 0 aromatic carbocycles. The maximum absolute atomic E-state index is 13.3. The third kappa shape index (κ3) is 4.80. The highest BCUT2D eigenvalue weighted by atomic mass is 16.1. The molecule has 2 aliphatic rings. The van der Waals surface area contributed by atoms with Crippen molar-refractivity contribution in [2.75, 3.05) is 30.3 Å². The molecule has 1 aliphatic carbocycles. The van der Waals surface area contributed by atoms with E-state index < -0.39 is 0 Å². The smallest absolute Gasteiger partial charge is 0.216 e. The largest absolute Gasteiger partial charge is 0.383 e. The van der Waals surface area contributed by atoms with Crippen LogP contribution in [0.3, 0.4) is 0 Å². The molecule has 2 aromatic heterocycles. The first-order chi connectivity index (χ1) is 14.5. The highest BCUT2D eigenvalue weighted by Gasteiger charge is 2.24. The van der Waals surface area contributed by atoms with Crippen molar-refractivity contribution in [2.45, 2.75) is 39.2 Å². The summed E-state index contributed by atoms with van der Waals surface area (Å²) in [5.41, 5.74) is 7.36. The molecule has 4 rings (SSSR count). The summed E-state index contributed by atoms with van der Waals surface area (Å²) in [7, 11) is 0. The summed E-state index contributed by atoms with van der Waals surface area (Å²) in [5.74, 6) is 8.31. The Morgan fingerprint density at radius 2 is 2.17 bits per heavy atom. The van der Waals surface area contributed by atoms with Gasteiger partial charge in [-0.05, 0) is 49.4 Å². The van der Waals surface area contributed by atoms with Crippen LogP contribution >= 0.6 is 0 Å². The average Bonchev–Trinajstić information content (AvgIpc) is 3.56. The highest BCUT2D eigenvalue weighted by molar-refractivity contribution is 6.11. The number of nitrogens with two attached hydrogens (primary N) is 1. The number of anilines is 2. The molecule has 2 fully saturated rings. The SMILES string of the molecule is CC(C)C[C@@H]1CN(c2ccc(C#CC3CC3)c(C(=O)c3cccnc3N)n2)CCN1. The first kappa shape index (κ1) is 20.4. The van der Waals surface area contributed by atoms with Crippen molar-refractivity contribution < 1.29 is 4.79 Å². The highest BCUT2D eigenvalue weighted by Crippen LogP contribution is 2.28. The minimum atomic E-state index is -0.226. The summed E-state index contributed by atoms with van der Waals surface area (Å²) in [6, 6.07) is 7.74. The molecule has 0 bridgehead atoms. The molecule has 1 aliphatic heterocycles. The summed E-state index contributed by atoms with van der Waals surface area (Å²) in [6.45, 7) is 7.11. The fourth-order valence-corrected chi connectivity index (χ4v) is 3.80. The standard InChI is InChI=1S/C24H29N5O/c1-16(2)14-19-15-29(13-12-26-19)21-10-9-18(8-7-17-5-6-17)22(28-21)23(30)20-4-3-11-27-24(20)25/h3-4,9-11,16-17,19,26H,5-6,12-15H2,1-2H3,(H2,25,27)/t19-/m1/s1. The van der Waals surface area contributed by atoms with Crippen molar-refractivity contribution in [3.8, 4) is 11.8 Å². The molecule has 1 atom stereocenters. The molecule has 1 saturated carbocycles. The fraction of sp³-hybridized carbons (Fsp3) is 0.458. The molecule has 1 saturated heterocycles. The van der Waals surface area contributed by atoms with Crippen LogP contribution in [0.1, 0.15) is 54.7 Å². The number of aromatic nitrogens is 2. The Kier molecular flexibility index (Phi) is 6.01. The second-order valence-electron chi connectivity index (χ2n) is 8.60. The van der Waals surface area contributed by atoms with Gasteiger partial charge in [0.1, 0.15) is 17.3 Å². The lowest BCUT2D eigenvalue weighted by Gasteiger charge is -2.35. The van der Waals surface area contributed by atoms with Gasteiger partial charge >= 0.3 is 0 Å². The van der Waals surface area contributed by atoms with E-state index in [4.69, 9.17) is 10.7 Å². The number of carbonyl (C=O) groups excluding carboxylic acids is 1. The van der Waals surface area contributed by atoms with E-state index in [1.165, 1.54) is 0 Å². The van der Waals surface area contributed by atoms with E-state index in [2.05, 4.69) is 40.9 Å². The van der Waals surface area contributed by atoms with Gasteiger partial charge in [0.2, 0.25) is 5.78 Å². The summed E-state index contributed by atoms with van der Waals surface area (Å²) in [4.78, 5) is 24.4. The Morgan fingerprint density at radius 1 is 1.33 bits per heavy atom. The molecule has 0 spiro atoms. The molecule has 2 aromatic rings. The van der Waals surface area contributed by atoms with Crippen LogP contribution in [0, 0.1) is 23.7 Å². The first-order valence-electron chi connectivity index (χ1n) is 10.8. The normalized spacial score (nSPS) is 18.8. The lowest BCUT2D eigenvalue weighted by atomic mass is 10.0. The van der Waals surface area contributed by atoms with Crippen LogP contribution in [0.25, 0.3) is 0 Å². The topological polar surface area (TPSA) is 84.1 Å². The van der Waals surface area contributed by atoms with Crippen LogP contribution in [0.4, 0.5) is 11.6 Å². The fourth-order valence-electron chi connectivity index (χ4n) is 3.80. The number of hydrogen-bond acceptors (Lipinski definition) is 6. The van der Waals surface area contributed by atoms with Gasteiger partial charge < -0.3 is 16.0 Å². The molecule has 0 radical (unpaired) electrons. The molecule has 3 heterocycles. The maximum Gasteiger partial charge on any atom is 0.216 e. The number of hydrogen-bond donors (Lipinski definition) is 2. The monoisotopic (exact) mass is 403 g/mol. The van der Waals surface area contributed by atoms with E-state index in [-0.39, 0.29) is 11.6 Å². The van der Waals surface area contributed by atoms with Crippen molar-refractivity contribution in [3.05, 3.63) is 47.3 Å². The molecule has 6 heteroatoms. The van der Waals surface area contributed by atoms with Crippen molar-refractivity contribution in [1.29, 1.82) is 0 Å². The van der Waals surface area contributed by atoms with Crippen molar-refractivity contribution in [2.24, 2.45) is 11.8 Å². The predicted molar refractivity (Wildman–Crippen MR) is 119 cm³/mol. The third-order valence-corrected chi connectivity index (χ3v) is 5.50. The molecular weight excluding hydrogens is 374 g/mol. The van der Waals surface area contributed by atoms with Crippen molar-refractivity contribution in [1.82, 2.24) is 15.3 Å². The third-order valence-electron chi connectivity index (χ3n) is 5.50. The second kappa shape index (κ2) is 8.85. The summed E-state index contributed by atoms with van der Waals surface area (Å²) in [6.07, 6.45) is 4.96. The summed E-state index contributed by atoms with van der Waals surface area (Å²) < 4.78 is 0. The van der Waals surface area contributed by atoms with Crippen LogP contribution in [-0.2, 0) is 0 Å².